The number of methoxy groups -OCH3 is 1. The zero-order valence-electron chi connectivity index (χ0n) is 14.2. The number of esters is 1. The molecule has 2 aromatic carbocycles. The Morgan fingerprint density at radius 1 is 1.19 bits per heavy atom. The molecule has 0 fully saturated rings. The molecule has 0 saturated carbocycles. The number of hydrogen-bond donors (Lipinski definition) is 0. The van der Waals surface area contributed by atoms with E-state index < -0.39 is 11.8 Å². The molecule has 0 aliphatic carbocycles. The highest BCUT2D eigenvalue weighted by Crippen LogP contribution is 2.38. The van der Waals surface area contributed by atoms with Crippen LogP contribution in [0.4, 0.5) is 4.39 Å². The van der Waals surface area contributed by atoms with Gasteiger partial charge in [0.1, 0.15) is 6.61 Å². The van der Waals surface area contributed by atoms with E-state index in [1.54, 1.807) is 18.2 Å². The summed E-state index contributed by atoms with van der Waals surface area (Å²) >= 11 is 6.21. The molecule has 5 nitrogen and oxygen atoms in total. The van der Waals surface area contributed by atoms with Crippen molar-refractivity contribution in [1.82, 2.24) is 0 Å². The standard InChI is InChI=1S/C19H18ClFO5/c1-23-16-4-3-12(8-15(16)21)10-18(22)26-11-13-7-14(20)19-17(9-13)24-5-2-6-25-19/h3-4,7-9H,2,5-6,10-11H2,1H3. The Bertz CT molecular complexity index is 809. The van der Waals surface area contributed by atoms with Crippen LogP contribution in [-0.2, 0) is 22.6 Å². The molecule has 26 heavy (non-hydrogen) atoms. The van der Waals surface area contributed by atoms with Gasteiger partial charge in [0.25, 0.3) is 0 Å². The summed E-state index contributed by atoms with van der Waals surface area (Å²) in [7, 11) is 1.38. The summed E-state index contributed by atoms with van der Waals surface area (Å²) in [5, 5.41) is 0.410. The van der Waals surface area contributed by atoms with Crippen LogP contribution < -0.4 is 14.2 Å². The molecule has 1 aliphatic rings. The van der Waals surface area contributed by atoms with Crippen LogP contribution in [0.3, 0.4) is 0 Å². The number of halogens is 2. The van der Waals surface area contributed by atoms with E-state index in [1.807, 2.05) is 0 Å². The Balaban J connectivity index is 1.62. The lowest BCUT2D eigenvalue weighted by molar-refractivity contribution is -0.144. The molecule has 1 heterocycles. The zero-order valence-corrected chi connectivity index (χ0v) is 15.0. The maximum absolute atomic E-state index is 13.7. The Morgan fingerprint density at radius 3 is 2.77 bits per heavy atom. The Labute approximate surface area is 155 Å². The number of fused-ring (bicyclic) bond motifs is 1. The van der Waals surface area contributed by atoms with E-state index in [9.17, 15) is 9.18 Å². The van der Waals surface area contributed by atoms with Gasteiger partial charge in [0, 0.05) is 6.42 Å². The summed E-state index contributed by atoms with van der Waals surface area (Å²) in [6, 6.07) is 7.77. The van der Waals surface area contributed by atoms with Crippen molar-refractivity contribution in [3.05, 3.63) is 52.3 Å². The molecule has 0 amide bonds. The third-order valence-electron chi connectivity index (χ3n) is 3.83. The molecule has 2 aromatic rings. The van der Waals surface area contributed by atoms with Gasteiger partial charge in [-0.2, -0.15) is 0 Å². The third-order valence-corrected chi connectivity index (χ3v) is 4.11. The van der Waals surface area contributed by atoms with Gasteiger partial charge in [-0.1, -0.05) is 17.7 Å². The predicted octanol–water partition coefficient (Wildman–Crippen LogP) is 3.93. The number of benzene rings is 2. The van der Waals surface area contributed by atoms with Crippen LogP contribution in [-0.4, -0.2) is 26.3 Å². The first-order chi connectivity index (χ1) is 12.6. The van der Waals surface area contributed by atoms with E-state index in [1.165, 1.54) is 19.2 Å². The van der Waals surface area contributed by atoms with Gasteiger partial charge in [0.05, 0.1) is 31.8 Å². The second-order valence-corrected chi connectivity index (χ2v) is 6.17. The number of rotatable bonds is 5. The van der Waals surface area contributed by atoms with E-state index >= 15 is 0 Å². The lowest BCUT2D eigenvalue weighted by atomic mass is 10.1. The Kier molecular flexibility index (Phi) is 5.83. The molecule has 0 atom stereocenters. The van der Waals surface area contributed by atoms with Crippen molar-refractivity contribution in [2.45, 2.75) is 19.4 Å². The highest BCUT2D eigenvalue weighted by atomic mass is 35.5. The SMILES string of the molecule is COc1ccc(CC(=O)OCc2cc(Cl)c3c(c2)OCCCO3)cc1F. The molecule has 0 unspecified atom stereocenters. The summed E-state index contributed by atoms with van der Waals surface area (Å²) in [6.45, 7) is 1.11. The van der Waals surface area contributed by atoms with E-state index in [0.29, 0.717) is 40.9 Å². The minimum Gasteiger partial charge on any atom is -0.494 e. The van der Waals surface area contributed by atoms with Crippen molar-refractivity contribution in [3.63, 3.8) is 0 Å². The van der Waals surface area contributed by atoms with Crippen molar-refractivity contribution in [2.75, 3.05) is 20.3 Å². The fourth-order valence-corrected chi connectivity index (χ4v) is 2.86. The van der Waals surface area contributed by atoms with Gasteiger partial charge >= 0.3 is 5.97 Å². The summed E-state index contributed by atoms with van der Waals surface area (Å²) in [5.74, 6) is 0.181. The first-order valence-electron chi connectivity index (χ1n) is 8.13. The number of ether oxygens (including phenoxy) is 4. The molecule has 0 bridgehead atoms. The van der Waals surface area contributed by atoms with Gasteiger partial charge in [-0.3, -0.25) is 4.79 Å². The maximum Gasteiger partial charge on any atom is 0.310 e. The summed E-state index contributed by atoms with van der Waals surface area (Å²) in [4.78, 5) is 12.0. The van der Waals surface area contributed by atoms with Gasteiger partial charge in [0.2, 0.25) is 0 Å². The first-order valence-corrected chi connectivity index (χ1v) is 8.50. The topological polar surface area (TPSA) is 54.0 Å². The quantitative estimate of drug-likeness (QED) is 0.735. The summed E-state index contributed by atoms with van der Waals surface area (Å²) in [6.07, 6.45) is 0.729. The second kappa shape index (κ2) is 8.27. The van der Waals surface area contributed by atoms with Crippen LogP contribution in [0, 0.1) is 5.82 Å². The second-order valence-electron chi connectivity index (χ2n) is 5.76. The van der Waals surface area contributed by atoms with Crippen LogP contribution in [0.5, 0.6) is 17.2 Å². The summed E-state index contributed by atoms with van der Waals surface area (Å²) < 4.78 is 34.9. The number of carbonyl (C=O) groups is 1. The lowest BCUT2D eigenvalue weighted by Gasteiger charge is -2.12. The largest absolute Gasteiger partial charge is 0.494 e. The molecule has 0 N–H and O–H groups in total. The average Bonchev–Trinajstić information content (AvgIpc) is 2.86. The molecular weight excluding hydrogens is 363 g/mol. The monoisotopic (exact) mass is 380 g/mol. The number of carbonyl (C=O) groups excluding carboxylic acids is 1. The van der Waals surface area contributed by atoms with Gasteiger partial charge < -0.3 is 18.9 Å². The Morgan fingerprint density at radius 2 is 2.00 bits per heavy atom. The molecular formula is C19H18ClFO5. The van der Waals surface area contributed by atoms with E-state index in [4.69, 9.17) is 30.5 Å². The third kappa shape index (κ3) is 4.38. The normalized spacial score (nSPS) is 13.0. The summed E-state index contributed by atoms with van der Waals surface area (Å²) in [5.41, 5.74) is 1.19. The van der Waals surface area contributed by atoms with E-state index in [2.05, 4.69) is 0 Å². The van der Waals surface area contributed by atoms with Gasteiger partial charge in [-0.05, 0) is 35.4 Å². The van der Waals surface area contributed by atoms with Crippen LogP contribution in [0.2, 0.25) is 5.02 Å². The van der Waals surface area contributed by atoms with Crippen molar-refractivity contribution in [2.24, 2.45) is 0 Å². The van der Waals surface area contributed by atoms with Crippen LogP contribution in [0.25, 0.3) is 0 Å². The van der Waals surface area contributed by atoms with Gasteiger partial charge in [-0.25, -0.2) is 4.39 Å². The highest BCUT2D eigenvalue weighted by Gasteiger charge is 2.16. The predicted molar refractivity (Wildman–Crippen MR) is 93.5 cm³/mol. The van der Waals surface area contributed by atoms with Gasteiger partial charge in [0.15, 0.2) is 23.1 Å². The minimum absolute atomic E-state index is 0.0355. The van der Waals surface area contributed by atoms with Gasteiger partial charge in [-0.15, -0.1) is 0 Å². The Hall–Kier alpha value is -2.47. The fourth-order valence-electron chi connectivity index (χ4n) is 2.57. The van der Waals surface area contributed by atoms with E-state index in [0.717, 1.165) is 6.42 Å². The van der Waals surface area contributed by atoms with Crippen LogP contribution in [0.15, 0.2) is 30.3 Å². The van der Waals surface area contributed by atoms with E-state index in [-0.39, 0.29) is 18.8 Å². The number of hydrogen-bond acceptors (Lipinski definition) is 5. The maximum atomic E-state index is 13.7. The smallest absolute Gasteiger partial charge is 0.310 e. The lowest BCUT2D eigenvalue weighted by Crippen LogP contribution is -2.08. The molecule has 138 valence electrons. The fraction of sp³-hybridized carbons (Fsp3) is 0.316. The molecule has 0 aromatic heterocycles. The molecule has 0 radical (unpaired) electrons. The molecule has 1 aliphatic heterocycles. The van der Waals surface area contributed by atoms with Crippen molar-refractivity contribution in [1.29, 1.82) is 0 Å². The highest BCUT2D eigenvalue weighted by molar-refractivity contribution is 6.32. The van der Waals surface area contributed by atoms with Crippen molar-refractivity contribution in [3.8, 4) is 17.2 Å². The molecule has 0 spiro atoms. The molecule has 0 saturated heterocycles. The van der Waals surface area contributed by atoms with Crippen LogP contribution in [0.1, 0.15) is 17.5 Å². The molecule has 7 heteroatoms. The molecule has 3 rings (SSSR count). The van der Waals surface area contributed by atoms with Crippen molar-refractivity contribution < 1.29 is 28.1 Å². The van der Waals surface area contributed by atoms with Crippen LogP contribution >= 0.6 is 11.6 Å². The minimum atomic E-state index is -0.521. The zero-order chi connectivity index (χ0) is 18.5. The van der Waals surface area contributed by atoms with Crippen molar-refractivity contribution >= 4 is 17.6 Å². The average molecular weight is 381 g/mol. The first kappa shape index (κ1) is 18.3.